The molecule has 0 unspecified atom stereocenters. The Morgan fingerprint density at radius 2 is 1.85 bits per heavy atom. The van der Waals surface area contributed by atoms with Crippen LogP contribution in [0.3, 0.4) is 0 Å². The molecule has 0 aromatic carbocycles. The third-order valence-corrected chi connectivity index (χ3v) is 2.57. The Kier molecular flexibility index (Phi) is 1.94. The number of hydrogen-bond donors (Lipinski definition) is 0. The van der Waals surface area contributed by atoms with E-state index < -0.39 is 0 Å². The molecule has 2 nitrogen and oxygen atoms in total. The monoisotopic (exact) mass is 190 g/mol. The Bertz CT molecular complexity index is 390. The van der Waals surface area contributed by atoms with Gasteiger partial charge in [0.05, 0.1) is 5.57 Å². The van der Waals surface area contributed by atoms with Gasteiger partial charge in [-0.25, -0.2) is 0 Å². The SMILES string of the molecule is O=C1C=CC(=O)C1=Cc1cccs1. The quantitative estimate of drug-likeness (QED) is 0.500. The van der Waals surface area contributed by atoms with Gasteiger partial charge in [0.15, 0.2) is 11.6 Å². The normalized spacial score (nSPS) is 15.5. The minimum Gasteiger partial charge on any atom is -0.289 e. The molecule has 0 atom stereocenters. The molecule has 1 aromatic rings. The van der Waals surface area contributed by atoms with Gasteiger partial charge in [0.1, 0.15) is 0 Å². The van der Waals surface area contributed by atoms with Crippen LogP contribution in [0.1, 0.15) is 4.88 Å². The van der Waals surface area contributed by atoms with Crippen molar-refractivity contribution in [3.8, 4) is 0 Å². The van der Waals surface area contributed by atoms with Crippen LogP contribution in [-0.4, -0.2) is 11.6 Å². The molecule has 13 heavy (non-hydrogen) atoms. The molecule has 0 bridgehead atoms. The van der Waals surface area contributed by atoms with Crippen LogP contribution in [0.4, 0.5) is 0 Å². The highest BCUT2D eigenvalue weighted by Crippen LogP contribution is 2.17. The van der Waals surface area contributed by atoms with Crippen LogP contribution < -0.4 is 0 Å². The lowest BCUT2D eigenvalue weighted by molar-refractivity contribution is -0.115. The van der Waals surface area contributed by atoms with Crippen LogP contribution in [-0.2, 0) is 9.59 Å². The van der Waals surface area contributed by atoms with Gasteiger partial charge in [-0.1, -0.05) is 6.07 Å². The number of hydrogen-bond acceptors (Lipinski definition) is 3. The lowest BCUT2D eigenvalue weighted by Gasteiger charge is -1.90. The van der Waals surface area contributed by atoms with Crippen molar-refractivity contribution in [1.29, 1.82) is 0 Å². The highest BCUT2D eigenvalue weighted by molar-refractivity contribution is 7.10. The van der Waals surface area contributed by atoms with E-state index in [4.69, 9.17) is 0 Å². The van der Waals surface area contributed by atoms with Crippen molar-refractivity contribution in [2.24, 2.45) is 0 Å². The number of allylic oxidation sites excluding steroid dienone is 3. The average molecular weight is 190 g/mol. The summed E-state index contributed by atoms with van der Waals surface area (Å²) in [5.74, 6) is -0.392. The first-order valence-electron chi connectivity index (χ1n) is 3.79. The number of rotatable bonds is 1. The summed E-state index contributed by atoms with van der Waals surface area (Å²) in [4.78, 5) is 23.2. The highest BCUT2D eigenvalue weighted by Gasteiger charge is 2.19. The van der Waals surface area contributed by atoms with Crippen molar-refractivity contribution in [2.45, 2.75) is 0 Å². The Morgan fingerprint density at radius 3 is 2.38 bits per heavy atom. The predicted octanol–water partition coefficient (Wildman–Crippen LogP) is 1.84. The van der Waals surface area contributed by atoms with Gasteiger partial charge in [-0.05, 0) is 29.7 Å². The Balaban J connectivity index is 2.37. The topological polar surface area (TPSA) is 34.1 Å². The van der Waals surface area contributed by atoms with Crippen LogP contribution in [0.2, 0.25) is 0 Å². The van der Waals surface area contributed by atoms with E-state index in [9.17, 15) is 9.59 Å². The average Bonchev–Trinajstić information content (AvgIpc) is 2.70. The molecule has 3 heteroatoms. The third kappa shape index (κ3) is 1.51. The van der Waals surface area contributed by atoms with Crippen LogP contribution in [0, 0.1) is 0 Å². The number of carbonyl (C=O) groups excluding carboxylic acids is 2. The number of carbonyl (C=O) groups is 2. The summed E-state index contributed by atoms with van der Waals surface area (Å²) >= 11 is 1.51. The van der Waals surface area contributed by atoms with E-state index in [1.54, 1.807) is 6.08 Å². The largest absolute Gasteiger partial charge is 0.289 e. The maximum absolute atomic E-state index is 11.1. The molecule has 0 aliphatic heterocycles. The Hall–Kier alpha value is -1.48. The maximum atomic E-state index is 11.1. The summed E-state index contributed by atoms with van der Waals surface area (Å²) in [5.41, 5.74) is 0.266. The van der Waals surface area contributed by atoms with E-state index in [0.717, 1.165) is 4.88 Å². The second kappa shape index (κ2) is 3.11. The zero-order valence-corrected chi connectivity index (χ0v) is 7.51. The van der Waals surface area contributed by atoms with Crippen LogP contribution >= 0.6 is 11.3 Å². The molecule has 0 N–H and O–H groups in total. The standard InChI is InChI=1S/C10H6O2S/c11-9-3-4-10(12)8(9)6-7-2-1-5-13-7/h1-6H. The molecule has 0 saturated heterocycles. The van der Waals surface area contributed by atoms with E-state index in [0.29, 0.717) is 0 Å². The van der Waals surface area contributed by atoms with Gasteiger partial charge in [-0.3, -0.25) is 9.59 Å². The summed E-state index contributed by atoms with van der Waals surface area (Å²) in [7, 11) is 0. The van der Waals surface area contributed by atoms with Crippen molar-refractivity contribution < 1.29 is 9.59 Å². The lowest BCUT2D eigenvalue weighted by atomic mass is 10.1. The first kappa shape index (κ1) is 8.13. The minimum atomic E-state index is -0.196. The number of ketones is 2. The van der Waals surface area contributed by atoms with Gasteiger partial charge < -0.3 is 0 Å². The van der Waals surface area contributed by atoms with E-state index in [2.05, 4.69) is 0 Å². The van der Waals surface area contributed by atoms with E-state index >= 15 is 0 Å². The summed E-state index contributed by atoms with van der Waals surface area (Å²) < 4.78 is 0. The fraction of sp³-hybridized carbons (Fsp3) is 0. The van der Waals surface area contributed by atoms with Crippen molar-refractivity contribution in [3.63, 3.8) is 0 Å². The van der Waals surface area contributed by atoms with E-state index in [-0.39, 0.29) is 17.1 Å². The van der Waals surface area contributed by atoms with Crippen molar-refractivity contribution in [2.75, 3.05) is 0 Å². The Labute approximate surface area is 79.2 Å². The fourth-order valence-corrected chi connectivity index (χ4v) is 1.77. The minimum absolute atomic E-state index is 0.196. The summed E-state index contributed by atoms with van der Waals surface area (Å²) in [6.45, 7) is 0. The molecule has 1 aliphatic carbocycles. The van der Waals surface area contributed by atoms with Crippen molar-refractivity contribution in [1.82, 2.24) is 0 Å². The molecule has 1 aliphatic rings. The van der Waals surface area contributed by atoms with Gasteiger partial charge >= 0.3 is 0 Å². The van der Waals surface area contributed by atoms with E-state index in [1.165, 1.54) is 23.5 Å². The summed E-state index contributed by atoms with van der Waals surface area (Å²) in [6, 6.07) is 3.75. The third-order valence-electron chi connectivity index (χ3n) is 1.75. The first-order chi connectivity index (χ1) is 6.27. The number of thiophene rings is 1. The van der Waals surface area contributed by atoms with Crippen LogP contribution in [0.25, 0.3) is 6.08 Å². The van der Waals surface area contributed by atoms with Gasteiger partial charge in [0, 0.05) is 4.88 Å². The van der Waals surface area contributed by atoms with Crippen LogP contribution in [0.15, 0.2) is 35.2 Å². The van der Waals surface area contributed by atoms with Crippen molar-refractivity contribution in [3.05, 3.63) is 40.1 Å². The Morgan fingerprint density at radius 1 is 1.15 bits per heavy atom. The van der Waals surface area contributed by atoms with Gasteiger partial charge in [0.2, 0.25) is 0 Å². The summed E-state index contributed by atoms with van der Waals surface area (Å²) in [6.07, 6.45) is 4.25. The van der Waals surface area contributed by atoms with E-state index in [1.807, 2.05) is 17.5 Å². The molecule has 64 valence electrons. The molecular weight excluding hydrogens is 184 g/mol. The lowest BCUT2D eigenvalue weighted by Crippen LogP contribution is -1.99. The van der Waals surface area contributed by atoms with Crippen LogP contribution in [0.5, 0.6) is 0 Å². The molecule has 0 saturated carbocycles. The predicted molar refractivity (Wildman–Crippen MR) is 51.5 cm³/mol. The highest BCUT2D eigenvalue weighted by atomic mass is 32.1. The molecule has 1 aromatic heterocycles. The van der Waals surface area contributed by atoms with Gasteiger partial charge in [0.25, 0.3) is 0 Å². The zero-order valence-electron chi connectivity index (χ0n) is 6.69. The molecule has 0 radical (unpaired) electrons. The molecule has 0 amide bonds. The molecule has 0 fully saturated rings. The van der Waals surface area contributed by atoms with Gasteiger partial charge in [-0.2, -0.15) is 0 Å². The molecular formula is C10H6O2S. The fourth-order valence-electron chi connectivity index (χ4n) is 1.11. The first-order valence-corrected chi connectivity index (χ1v) is 4.67. The van der Waals surface area contributed by atoms with Gasteiger partial charge in [-0.15, -0.1) is 11.3 Å². The second-order valence-corrected chi connectivity index (χ2v) is 3.61. The summed E-state index contributed by atoms with van der Waals surface area (Å²) in [5, 5.41) is 1.91. The van der Waals surface area contributed by atoms with Crippen molar-refractivity contribution >= 4 is 29.0 Å². The molecule has 2 rings (SSSR count). The zero-order chi connectivity index (χ0) is 9.26. The smallest absolute Gasteiger partial charge is 0.189 e. The molecule has 1 heterocycles. The molecule has 0 spiro atoms. The maximum Gasteiger partial charge on any atom is 0.189 e. The second-order valence-electron chi connectivity index (χ2n) is 2.64.